The van der Waals surface area contributed by atoms with Crippen molar-refractivity contribution >= 4 is 29.8 Å². The Morgan fingerprint density at radius 3 is 2.43 bits per heavy atom. The molecule has 2 atom stereocenters. The number of hydrogen-bond acceptors (Lipinski definition) is 6. The first-order chi connectivity index (χ1) is 13.0. The van der Waals surface area contributed by atoms with Gasteiger partial charge in [-0.1, -0.05) is 20.8 Å². The van der Waals surface area contributed by atoms with Gasteiger partial charge < -0.3 is 15.4 Å². The molecule has 0 bridgehead atoms. The van der Waals surface area contributed by atoms with Gasteiger partial charge in [-0.05, 0) is 39.0 Å². The number of amides is 6. The van der Waals surface area contributed by atoms with E-state index in [1.54, 1.807) is 13.8 Å². The maximum atomic E-state index is 12.5. The average Bonchev–Trinajstić information content (AvgIpc) is 2.81. The first-order valence-corrected chi connectivity index (χ1v) is 9.38. The molecule has 1 saturated heterocycles. The standard InChI is InChI=1S/C18H30N4O6/c1-6-12(4)19-16(26)20-13(23)10-28-14(24)9-22-15(25)18(5,21-17(22)27)8-7-11(2)3/h11-12H,6-10H2,1-5H3,(H,21,27)(H2,19,20,23,26)/t12-,18+/m1/s1. The van der Waals surface area contributed by atoms with Gasteiger partial charge in [0.05, 0.1) is 0 Å². The van der Waals surface area contributed by atoms with Crippen LogP contribution in [0.25, 0.3) is 0 Å². The predicted octanol–water partition coefficient (Wildman–Crippen LogP) is 0.901. The topological polar surface area (TPSA) is 134 Å². The molecule has 0 saturated carbocycles. The van der Waals surface area contributed by atoms with E-state index in [1.807, 2.05) is 26.1 Å². The third-order valence-corrected chi connectivity index (χ3v) is 4.46. The van der Waals surface area contributed by atoms with Gasteiger partial charge in [0.1, 0.15) is 12.1 Å². The number of ether oxygens (including phenoxy) is 1. The van der Waals surface area contributed by atoms with Crippen LogP contribution in [0.5, 0.6) is 0 Å². The van der Waals surface area contributed by atoms with Crippen LogP contribution in [0.15, 0.2) is 0 Å². The van der Waals surface area contributed by atoms with Crippen molar-refractivity contribution in [3.8, 4) is 0 Å². The van der Waals surface area contributed by atoms with E-state index in [0.717, 1.165) is 11.3 Å². The Morgan fingerprint density at radius 1 is 1.21 bits per heavy atom. The highest BCUT2D eigenvalue weighted by molar-refractivity contribution is 6.08. The molecular weight excluding hydrogens is 368 g/mol. The predicted molar refractivity (Wildman–Crippen MR) is 100 cm³/mol. The minimum absolute atomic E-state index is 0.111. The molecule has 158 valence electrons. The van der Waals surface area contributed by atoms with Gasteiger partial charge >= 0.3 is 18.0 Å². The van der Waals surface area contributed by atoms with Crippen molar-refractivity contribution < 1.29 is 28.7 Å². The molecule has 28 heavy (non-hydrogen) atoms. The Labute approximate surface area is 164 Å². The van der Waals surface area contributed by atoms with Crippen molar-refractivity contribution in [1.29, 1.82) is 0 Å². The summed E-state index contributed by atoms with van der Waals surface area (Å²) in [6.07, 6.45) is 1.88. The molecule has 1 heterocycles. The molecule has 0 radical (unpaired) electrons. The van der Waals surface area contributed by atoms with Gasteiger partial charge in [-0.25, -0.2) is 9.59 Å². The van der Waals surface area contributed by atoms with Gasteiger partial charge in [-0.2, -0.15) is 0 Å². The number of nitrogens with one attached hydrogen (secondary N) is 3. The van der Waals surface area contributed by atoms with E-state index in [2.05, 4.69) is 10.6 Å². The van der Waals surface area contributed by atoms with Gasteiger partial charge in [-0.15, -0.1) is 0 Å². The fourth-order valence-electron chi connectivity index (χ4n) is 2.48. The number of carbonyl (C=O) groups excluding carboxylic acids is 5. The summed E-state index contributed by atoms with van der Waals surface area (Å²) in [5.74, 6) is -1.88. The minimum Gasteiger partial charge on any atom is -0.454 e. The van der Waals surface area contributed by atoms with E-state index in [0.29, 0.717) is 18.8 Å². The molecule has 0 aliphatic carbocycles. The van der Waals surface area contributed by atoms with Gasteiger partial charge in [0, 0.05) is 6.04 Å². The molecule has 10 nitrogen and oxygen atoms in total. The molecule has 1 aliphatic heterocycles. The largest absolute Gasteiger partial charge is 0.454 e. The third kappa shape index (κ3) is 6.82. The lowest BCUT2D eigenvalue weighted by molar-refractivity contribution is -0.150. The number of esters is 1. The maximum Gasteiger partial charge on any atom is 0.326 e. The fraction of sp³-hybridized carbons (Fsp3) is 0.722. The van der Waals surface area contributed by atoms with Crippen LogP contribution in [0.2, 0.25) is 0 Å². The van der Waals surface area contributed by atoms with Gasteiger partial charge in [0.25, 0.3) is 11.8 Å². The molecule has 3 N–H and O–H groups in total. The summed E-state index contributed by atoms with van der Waals surface area (Å²) >= 11 is 0. The Bertz CT molecular complexity index is 636. The number of hydrogen-bond donors (Lipinski definition) is 3. The lowest BCUT2D eigenvalue weighted by atomic mass is 9.92. The van der Waals surface area contributed by atoms with Crippen LogP contribution in [-0.4, -0.2) is 59.5 Å². The molecular formula is C18H30N4O6. The monoisotopic (exact) mass is 398 g/mol. The number of rotatable bonds is 9. The molecule has 10 heteroatoms. The van der Waals surface area contributed by atoms with E-state index in [9.17, 15) is 24.0 Å². The van der Waals surface area contributed by atoms with Crippen molar-refractivity contribution in [2.45, 2.75) is 65.5 Å². The Kier molecular flexibility index (Phi) is 8.39. The molecule has 0 spiro atoms. The molecule has 0 aromatic rings. The van der Waals surface area contributed by atoms with Crippen LogP contribution in [0, 0.1) is 5.92 Å². The molecule has 0 aromatic carbocycles. The van der Waals surface area contributed by atoms with Crippen LogP contribution in [0.4, 0.5) is 9.59 Å². The first-order valence-electron chi connectivity index (χ1n) is 9.38. The summed E-state index contributed by atoms with van der Waals surface area (Å²) in [4.78, 5) is 60.4. The van der Waals surface area contributed by atoms with E-state index in [-0.39, 0.29) is 6.04 Å². The van der Waals surface area contributed by atoms with Crippen LogP contribution in [-0.2, 0) is 19.1 Å². The van der Waals surface area contributed by atoms with E-state index < -0.39 is 48.5 Å². The molecule has 1 aliphatic rings. The number of urea groups is 2. The SMILES string of the molecule is CC[C@@H](C)NC(=O)NC(=O)COC(=O)CN1C(=O)N[C@@](C)(CCC(C)C)C1=O. The second-order valence-electron chi connectivity index (χ2n) is 7.58. The number of carbonyl (C=O) groups is 5. The Balaban J connectivity index is 2.48. The molecule has 0 unspecified atom stereocenters. The number of imide groups is 2. The zero-order chi connectivity index (χ0) is 21.5. The summed E-state index contributed by atoms with van der Waals surface area (Å²) in [6.45, 7) is 7.98. The molecule has 1 fully saturated rings. The second-order valence-corrected chi connectivity index (χ2v) is 7.58. The van der Waals surface area contributed by atoms with Crippen molar-refractivity contribution in [2.75, 3.05) is 13.2 Å². The van der Waals surface area contributed by atoms with E-state index in [1.165, 1.54) is 0 Å². The quantitative estimate of drug-likeness (QED) is 0.390. The van der Waals surface area contributed by atoms with E-state index in [4.69, 9.17) is 4.74 Å². The van der Waals surface area contributed by atoms with E-state index >= 15 is 0 Å². The van der Waals surface area contributed by atoms with Gasteiger partial charge in [0.15, 0.2) is 6.61 Å². The van der Waals surface area contributed by atoms with Crippen molar-refractivity contribution in [1.82, 2.24) is 20.9 Å². The number of nitrogens with zero attached hydrogens (tertiary/aromatic N) is 1. The minimum atomic E-state index is -1.06. The average molecular weight is 398 g/mol. The highest BCUT2D eigenvalue weighted by atomic mass is 16.5. The molecule has 6 amide bonds. The van der Waals surface area contributed by atoms with Crippen LogP contribution >= 0.6 is 0 Å². The summed E-state index contributed by atoms with van der Waals surface area (Å²) in [5, 5.41) is 7.16. The molecule has 1 rings (SSSR count). The zero-order valence-electron chi connectivity index (χ0n) is 17.1. The third-order valence-electron chi connectivity index (χ3n) is 4.46. The first kappa shape index (κ1) is 23.4. The summed E-state index contributed by atoms with van der Waals surface area (Å²) in [5.41, 5.74) is -1.06. The van der Waals surface area contributed by atoms with Crippen molar-refractivity contribution in [2.24, 2.45) is 5.92 Å². The Hall–Kier alpha value is -2.65. The Morgan fingerprint density at radius 2 is 1.86 bits per heavy atom. The summed E-state index contributed by atoms with van der Waals surface area (Å²) in [7, 11) is 0. The second kappa shape index (κ2) is 10.0. The summed E-state index contributed by atoms with van der Waals surface area (Å²) < 4.78 is 4.76. The lowest BCUT2D eigenvalue weighted by Crippen LogP contribution is -2.45. The summed E-state index contributed by atoms with van der Waals surface area (Å²) in [6, 6.07) is -1.48. The highest BCUT2D eigenvalue weighted by Gasteiger charge is 2.48. The lowest BCUT2D eigenvalue weighted by Gasteiger charge is -2.22. The highest BCUT2D eigenvalue weighted by Crippen LogP contribution is 2.24. The maximum absolute atomic E-state index is 12.5. The fourth-order valence-corrected chi connectivity index (χ4v) is 2.48. The van der Waals surface area contributed by atoms with Crippen molar-refractivity contribution in [3.63, 3.8) is 0 Å². The van der Waals surface area contributed by atoms with Crippen molar-refractivity contribution in [3.05, 3.63) is 0 Å². The molecule has 0 aromatic heterocycles. The van der Waals surface area contributed by atoms with Crippen LogP contribution in [0.1, 0.15) is 53.9 Å². The van der Waals surface area contributed by atoms with Crippen LogP contribution in [0.3, 0.4) is 0 Å². The smallest absolute Gasteiger partial charge is 0.326 e. The van der Waals surface area contributed by atoms with Crippen LogP contribution < -0.4 is 16.0 Å². The zero-order valence-corrected chi connectivity index (χ0v) is 17.1. The normalized spacial score (nSPS) is 20.0. The van der Waals surface area contributed by atoms with Gasteiger partial charge in [-0.3, -0.25) is 24.6 Å². The van der Waals surface area contributed by atoms with Gasteiger partial charge in [0.2, 0.25) is 0 Å².